The highest BCUT2D eigenvalue weighted by Gasteiger charge is 2.12. The Hall–Kier alpha value is -2.89. The van der Waals surface area contributed by atoms with Gasteiger partial charge in [0.05, 0.1) is 7.11 Å². The van der Waals surface area contributed by atoms with Gasteiger partial charge in [0.2, 0.25) is 11.8 Å². The first-order valence-electron chi connectivity index (χ1n) is 6.74. The second kappa shape index (κ2) is 7.21. The van der Waals surface area contributed by atoms with E-state index in [0.29, 0.717) is 17.8 Å². The molecule has 114 valence electrons. The van der Waals surface area contributed by atoms with Gasteiger partial charge >= 0.3 is 0 Å². The molecule has 0 bridgehead atoms. The summed E-state index contributed by atoms with van der Waals surface area (Å²) in [6, 6.07) is 10.6. The van der Waals surface area contributed by atoms with Crippen LogP contribution in [0.3, 0.4) is 0 Å². The van der Waals surface area contributed by atoms with Crippen LogP contribution in [0.2, 0.25) is 0 Å². The molecule has 2 aromatic rings. The predicted molar refractivity (Wildman–Crippen MR) is 82.7 cm³/mol. The number of carbonyl (C=O) groups excluding carboxylic acids is 2. The summed E-state index contributed by atoms with van der Waals surface area (Å²) in [4.78, 5) is 27.2. The molecule has 6 nitrogen and oxygen atoms in total. The average Bonchev–Trinajstić information content (AvgIpc) is 2.52. The Balaban J connectivity index is 2.03. The van der Waals surface area contributed by atoms with E-state index in [-0.39, 0.29) is 17.7 Å². The Morgan fingerprint density at radius 2 is 2.05 bits per heavy atom. The maximum atomic E-state index is 12.2. The van der Waals surface area contributed by atoms with Crippen LogP contribution in [0.5, 0.6) is 5.88 Å². The number of pyridine rings is 1. The van der Waals surface area contributed by atoms with Crippen molar-refractivity contribution in [3.63, 3.8) is 0 Å². The maximum Gasteiger partial charge on any atom is 0.257 e. The lowest BCUT2D eigenvalue weighted by Crippen LogP contribution is -2.23. The monoisotopic (exact) mass is 299 g/mol. The van der Waals surface area contributed by atoms with Gasteiger partial charge in [-0.2, -0.15) is 0 Å². The highest BCUT2D eigenvalue weighted by atomic mass is 16.5. The van der Waals surface area contributed by atoms with Crippen molar-refractivity contribution >= 4 is 17.5 Å². The van der Waals surface area contributed by atoms with Crippen LogP contribution in [-0.4, -0.2) is 23.9 Å². The molecule has 22 heavy (non-hydrogen) atoms. The third kappa shape index (κ3) is 4.05. The van der Waals surface area contributed by atoms with E-state index >= 15 is 0 Å². The zero-order valence-electron chi connectivity index (χ0n) is 12.4. The minimum absolute atomic E-state index is 0.138. The van der Waals surface area contributed by atoms with Gasteiger partial charge in [-0.1, -0.05) is 12.1 Å². The fourth-order valence-corrected chi connectivity index (χ4v) is 1.97. The summed E-state index contributed by atoms with van der Waals surface area (Å²) >= 11 is 0. The number of rotatable bonds is 5. The van der Waals surface area contributed by atoms with Crippen LogP contribution in [-0.2, 0) is 11.3 Å². The second-order valence-electron chi connectivity index (χ2n) is 4.62. The Labute approximate surface area is 128 Å². The first-order valence-corrected chi connectivity index (χ1v) is 6.74. The lowest BCUT2D eigenvalue weighted by Gasteiger charge is -2.09. The SMILES string of the molecule is COc1ncccc1C(=O)NCc1cccc(NC(C)=O)c1. The van der Waals surface area contributed by atoms with Crippen LogP contribution in [0, 0.1) is 0 Å². The second-order valence-corrected chi connectivity index (χ2v) is 4.62. The average molecular weight is 299 g/mol. The number of benzene rings is 1. The van der Waals surface area contributed by atoms with Gasteiger partial charge in [0.15, 0.2) is 0 Å². The molecule has 0 aliphatic rings. The number of aromatic nitrogens is 1. The molecule has 0 unspecified atom stereocenters. The largest absolute Gasteiger partial charge is 0.480 e. The van der Waals surface area contributed by atoms with Crippen LogP contribution in [0.1, 0.15) is 22.8 Å². The fourth-order valence-electron chi connectivity index (χ4n) is 1.97. The molecule has 1 aromatic carbocycles. The van der Waals surface area contributed by atoms with Gasteiger partial charge in [-0.3, -0.25) is 9.59 Å². The summed E-state index contributed by atoms with van der Waals surface area (Å²) in [6.45, 7) is 1.79. The van der Waals surface area contributed by atoms with Gasteiger partial charge in [-0.15, -0.1) is 0 Å². The summed E-state index contributed by atoms with van der Waals surface area (Å²) in [5.74, 6) is -0.122. The summed E-state index contributed by atoms with van der Waals surface area (Å²) in [5, 5.41) is 5.50. The predicted octanol–water partition coefficient (Wildman–Crippen LogP) is 1.98. The molecule has 2 N–H and O–H groups in total. The van der Waals surface area contributed by atoms with Crippen molar-refractivity contribution in [1.29, 1.82) is 0 Å². The van der Waals surface area contributed by atoms with Crippen molar-refractivity contribution in [2.75, 3.05) is 12.4 Å². The number of nitrogens with zero attached hydrogens (tertiary/aromatic N) is 1. The van der Waals surface area contributed by atoms with E-state index in [9.17, 15) is 9.59 Å². The molecule has 0 aliphatic heterocycles. The van der Waals surface area contributed by atoms with Crippen molar-refractivity contribution in [3.8, 4) is 5.88 Å². The Kier molecular flexibility index (Phi) is 5.08. The van der Waals surface area contributed by atoms with E-state index in [4.69, 9.17) is 4.74 Å². The molecule has 6 heteroatoms. The van der Waals surface area contributed by atoms with Crippen LogP contribution in [0.4, 0.5) is 5.69 Å². The number of hydrogen-bond donors (Lipinski definition) is 2. The first kappa shape index (κ1) is 15.5. The van der Waals surface area contributed by atoms with Gasteiger partial charge in [-0.05, 0) is 29.8 Å². The normalized spacial score (nSPS) is 9.91. The molecule has 0 saturated carbocycles. The number of methoxy groups -OCH3 is 1. The van der Waals surface area contributed by atoms with Crippen molar-refractivity contribution < 1.29 is 14.3 Å². The molecule has 0 radical (unpaired) electrons. The lowest BCUT2D eigenvalue weighted by atomic mass is 10.2. The number of anilines is 1. The zero-order valence-corrected chi connectivity index (χ0v) is 12.4. The molecule has 0 saturated heterocycles. The molecule has 2 rings (SSSR count). The van der Waals surface area contributed by atoms with Crippen molar-refractivity contribution in [2.24, 2.45) is 0 Å². The fraction of sp³-hybridized carbons (Fsp3) is 0.188. The minimum atomic E-state index is -0.269. The van der Waals surface area contributed by atoms with Crippen molar-refractivity contribution in [2.45, 2.75) is 13.5 Å². The highest BCUT2D eigenvalue weighted by Crippen LogP contribution is 2.14. The minimum Gasteiger partial charge on any atom is -0.480 e. The Morgan fingerprint density at radius 3 is 2.77 bits per heavy atom. The quantitative estimate of drug-likeness (QED) is 0.884. The molecule has 1 heterocycles. The van der Waals surface area contributed by atoms with Gasteiger partial charge in [0, 0.05) is 25.4 Å². The Morgan fingerprint density at radius 1 is 1.23 bits per heavy atom. The molecule has 2 amide bonds. The number of carbonyl (C=O) groups is 2. The summed E-state index contributed by atoms with van der Waals surface area (Å²) < 4.78 is 5.06. The summed E-state index contributed by atoms with van der Waals surface area (Å²) in [6.07, 6.45) is 1.56. The smallest absolute Gasteiger partial charge is 0.257 e. The molecule has 0 atom stereocenters. The van der Waals surface area contributed by atoms with Crippen molar-refractivity contribution in [1.82, 2.24) is 10.3 Å². The highest BCUT2D eigenvalue weighted by molar-refractivity contribution is 5.96. The van der Waals surface area contributed by atoms with Crippen LogP contribution < -0.4 is 15.4 Å². The standard InChI is InChI=1S/C16H17N3O3/c1-11(20)19-13-6-3-5-12(9-13)10-18-15(21)14-7-4-8-17-16(14)22-2/h3-9H,10H2,1-2H3,(H,18,21)(H,19,20). The molecule has 0 aliphatic carbocycles. The number of ether oxygens (including phenoxy) is 1. The lowest BCUT2D eigenvalue weighted by molar-refractivity contribution is -0.114. The third-order valence-corrected chi connectivity index (χ3v) is 2.91. The number of hydrogen-bond acceptors (Lipinski definition) is 4. The number of amides is 2. The summed E-state index contributed by atoms with van der Waals surface area (Å²) in [5.41, 5.74) is 1.95. The molecule has 0 fully saturated rings. The van der Waals surface area contributed by atoms with Crippen molar-refractivity contribution in [3.05, 3.63) is 53.7 Å². The topological polar surface area (TPSA) is 80.3 Å². The van der Waals surface area contributed by atoms with E-state index in [1.165, 1.54) is 14.0 Å². The maximum absolute atomic E-state index is 12.2. The van der Waals surface area contributed by atoms with Gasteiger partial charge in [-0.25, -0.2) is 4.98 Å². The van der Waals surface area contributed by atoms with Gasteiger partial charge in [0.1, 0.15) is 5.56 Å². The number of nitrogens with one attached hydrogen (secondary N) is 2. The van der Waals surface area contributed by atoms with Gasteiger partial charge in [0.25, 0.3) is 5.91 Å². The van der Waals surface area contributed by atoms with E-state index in [2.05, 4.69) is 15.6 Å². The first-order chi connectivity index (χ1) is 10.6. The van der Waals surface area contributed by atoms with Crippen LogP contribution in [0.25, 0.3) is 0 Å². The van der Waals surface area contributed by atoms with Crippen LogP contribution in [0.15, 0.2) is 42.6 Å². The molecular formula is C16H17N3O3. The van der Waals surface area contributed by atoms with Crippen LogP contribution >= 0.6 is 0 Å². The molecular weight excluding hydrogens is 282 g/mol. The molecule has 1 aromatic heterocycles. The zero-order chi connectivity index (χ0) is 15.9. The third-order valence-electron chi connectivity index (χ3n) is 2.91. The summed E-state index contributed by atoms with van der Waals surface area (Å²) in [7, 11) is 1.47. The van der Waals surface area contributed by atoms with E-state index in [0.717, 1.165) is 5.56 Å². The van der Waals surface area contributed by atoms with Gasteiger partial charge < -0.3 is 15.4 Å². The molecule has 0 spiro atoms. The van der Waals surface area contributed by atoms with E-state index in [1.54, 1.807) is 24.4 Å². The van der Waals surface area contributed by atoms with E-state index < -0.39 is 0 Å². The van der Waals surface area contributed by atoms with E-state index in [1.807, 2.05) is 18.2 Å². The Bertz CT molecular complexity index is 686.